The summed E-state index contributed by atoms with van der Waals surface area (Å²) in [5, 5.41) is 8.62. The Morgan fingerprint density at radius 3 is 2.67 bits per heavy atom. The number of hydrogen-bond acceptors (Lipinski definition) is 3. The van der Waals surface area contributed by atoms with E-state index in [4.69, 9.17) is 5.11 Å². The Bertz CT molecular complexity index is 433. The minimum absolute atomic E-state index is 0.0150. The predicted octanol–water partition coefficient (Wildman–Crippen LogP) is 0.438. The van der Waals surface area contributed by atoms with Crippen molar-refractivity contribution >= 4 is 10.0 Å². The Labute approximate surface area is 88.0 Å². The molecule has 0 saturated carbocycles. The molecular formula is C9H12FNO3S. The topological polar surface area (TPSA) is 57.6 Å². The van der Waals surface area contributed by atoms with Crippen LogP contribution in [-0.4, -0.2) is 38.0 Å². The molecular weight excluding hydrogens is 221 g/mol. The highest BCUT2D eigenvalue weighted by Crippen LogP contribution is 2.14. The molecule has 0 radical (unpaired) electrons. The van der Waals surface area contributed by atoms with Gasteiger partial charge < -0.3 is 5.11 Å². The van der Waals surface area contributed by atoms with Gasteiger partial charge in [-0.25, -0.2) is 12.8 Å². The summed E-state index contributed by atoms with van der Waals surface area (Å²) in [6.45, 7) is -0.288. The smallest absolute Gasteiger partial charge is 0.242 e. The van der Waals surface area contributed by atoms with Crippen molar-refractivity contribution in [1.82, 2.24) is 4.31 Å². The Hall–Kier alpha value is -0.980. The molecule has 84 valence electrons. The molecule has 0 aromatic heterocycles. The van der Waals surface area contributed by atoms with E-state index < -0.39 is 15.8 Å². The van der Waals surface area contributed by atoms with Gasteiger partial charge in [0, 0.05) is 13.6 Å². The lowest BCUT2D eigenvalue weighted by Crippen LogP contribution is -2.29. The fraction of sp³-hybridized carbons (Fsp3) is 0.333. The average molecular weight is 233 g/mol. The van der Waals surface area contributed by atoms with Gasteiger partial charge in [-0.15, -0.1) is 0 Å². The number of aliphatic hydroxyl groups is 1. The third-order valence-electron chi connectivity index (χ3n) is 1.92. The second-order valence-electron chi connectivity index (χ2n) is 3.01. The normalized spacial score (nSPS) is 12.0. The van der Waals surface area contributed by atoms with Crippen molar-refractivity contribution < 1.29 is 17.9 Å². The molecule has 0 amide bonds. The molecule has 0 aliphatic carbocycles. The lowest BCUT2D eigenvalue weighted by molar-refractivity contribution is 0.266. The number of benzene rings is 1. The summed E-state index contributed by atoms with van der Waals surface area (Å²) in [6, 6.07) is 4.76. The molecule has 0 spiro atoms. The van der Waals surface area contributed by atoms with Crippen LogP contribution in [0, 0.1) is 5.82 Å². The second-order valence-corrected chi connectivity index (χ2v) is 5.05. The zero-order chi connectivity index (χ0) is 11.5. The first kappa shape index (κ1) is 12.1. The van der Waals surface area contributed by atoms with Crippen LogP contribution in [0.1, 0.15) is 0 Å². The molecule has 0 heterocycles. The molecule has 6 heteroatoms. The molecule has 1 aromatic rings. The molecule has 4 nitrogen and oxygen atoms in total. The molecule has 15 heavy (non-hydrogen) atoms. The third kappa shape index (κ3) is 2.74. The monoisotopic (exact) mass is 233 g/mol. The molecule has 0 bridgehead atoms. The van der Waals surface area contributed by atoms with Crippen LogP contribution in [0.2, 0.25) is 0 Å². The fourth-order valence-electron chi connectivity index (χ4n) is 1.07. The summed E-state index contributed by atoms with van der Waals surface area (Å²) in [5.41, 5.74) is 0. The highest BCUT2D eigenvalue weighted by Gasteiger charge is 2.20. The van der Waals surface area contributed by atoms with E-state index in [-0.39, 0.29) is 18.0 Å². The first-order valence-corrected chi connectivity index (χ1v) is 5.75. The van der Waals surface area contributed by atoms with E-state index in [1.807, 2.05) is 0 Å². The van der Waals surface area contributed by atoms with Crippen LogP contribution in [-0.2, 0) is 10.0 Å². The van der Waals surface area contributed by atoms with Crippen molar-refractivity contribution in [3.8, 4) is 0 Å². The van der Waals surface area contributed by atoms with Crippen LogP contribution in [0.3, 0.4) is 0 Å². The summed E-state index contributed by atoms with van der Waals surface area (Å²) in [4.78, 5) is -0.113. The highest BCUT2D eigenvalue weighted by molar-refractivity contribution is 7.89. The quantitative estimate of drug-likeness (QED) is 0.821. The summed E-state index contributed by atoms with van der Waals surface area (Å²) in [5.74, 6) is -0.603. The Kier molecular flexibility index (Phi) is 3.78. The third-order valence-corrected chi connectivity index (χ3v) is 3.77. The average Bonchev–Trinajstić information content (AvgIpc) is 2.18. The first-order valence-electron chi connectivity index (χ1n) is 4.31. The van der Waals surface area contributed by atoms with Crippen LogP contribution >= 0.6 is 0 Å². The van der Waals surface area contributed by atoms with E-state index in [9.17, 15) is 12.8 Å². The number of hydrogen-bond donors (Lipinski definition) is 1. The van der Waals surface area contributed by atoms with Gasteiger partial charge in [0.1, 0.15) is 5.82 Å². The largest absolute Gasteiger partial charge is 0.395 e. The van der Waals surface area contributed by atoms with Crippen LogP contribution in [0.5, 0.6) is 0 Å². The van der Waals surface area contributed by atoms with Gasteiger partial charge in [0.15, 0.2) is 0 Å². The van der Waals surface area contributed by atoms with E-state index in [1.165, 1.54) is 25.2 Å². The number of halogens is 1. The van der Waals surface area contributed by atoms with E-state index in [1.54, 1.807) is 0 Å². The van der Waals surface area contributed by atoms with Gasteiger partial charge in [-0.1, -0.05) is 6.07 Å². The molecule has 0 aliphatic heterocycles. The lowest BCUT2D eigenvalue weighted by atomic mass is 10.4. The van der Waals surface area contributed by atoms with E-state index >= 15 is 0 Å². The van der Waals surface area contributed by atoms with E-state index in [0.717, 1.165) is 10.4 Å². The van der Waals surface area contributed by atoms with Gasteiger partial charge in [0.25, 0.3) is 0 Å². The Balaban J connectivity index is 3.06. The van der Waals surface area contributed by atoms with E-state index in [2.05, 4.69) is 0 Å². The van der Waals surface area contributed by atoms with Crippen LogP contribution in [0.25, 0.3) is 0 Å². The maximum Gasteiger partial charge on any atom is 0.242 e. The molecule has 0 aliphatic rings. The summed E-state index contributed by atoms with van der Waals surface area (Å²) >= 11 is 0. The van der Waals surface area contributed by atoms with Crippen LogP contribution < -0.4 is 0 Å². The lowest BCUT2D eigenvalue weighted by Gasteiger charge is -2.15. The van der Waals surface area contributed by atoms with E-state index in [0.29, 0.717) is 0 Å². The maximum absolute atomic E-state index is 12.8. The highest BCUT2D eigenvalue weighted by atomic mass is 32.2. The molecule has 0 fully saturated rings. The Morgan fingerprint density at radius 1 is 1.47 bits per heavy atom. The minimum Gasteiger partial charge on any atom is -0.395 e. The fourth-order valence-corrected chi connectivity index (χ4v) is 2.26. The van der Waals surface area contributed by atoms with Gasteiger partial charge in [-0.05, 0) is 18.2 Å². The molecule has 0 saturated heterocycles. The van der Waals surface area contributed by atoms with Crippen molar-refractivity contribution in [1.29, 1.82) is 0 Å². The summed E-state index contributed by atoms with van der Waals surface area (Å²) in [7, 11) is -2.36. The minimum atomic E-state index is -3.69. The summed E-state index contributed by atoms with van der Waals surface area (Å²) < 4.78 is 37.2. The second kappa shape index (κ2) is 4.69. The standard InChI is InChI=1S/C9H12FNO3S/c1-11(5-6-12)15(13,14)9-4-2-3-8(10)7-9/h2-4,7,12H,5-6H2,1H3. The predicted molar refractivity (Wildman–Crippen MR) is 53.3 cm³/mol. The van der Waals surface area contributed by atoms with Gasteiger partial charge in [-0.2, -0.15) is 4.31 Å². The van der Waals surface area contributed by atoms with Gasteiger partial charge >= 0.3 is 0 Å². The van der Waals surface area contributed by atoms with Crippen molar-refractivity contribution in [3.63, 3.8) is 0 Å². The van der Waals surface area contributed by atoms with Gasteiger partial charge in [0.2, 0.25) is 10.0 Å². The van der Waals surface area contributed by atoms with Crippen LogP contribution in [0.15, 0.2) is 29.2 Å². The first-order chi connectivity index (χ1) is 6.98. The molecule has 1 rings (SSSR count). The SMILES string of the molecule is CN(CCO)S(=O)(=O)c1cccc(F)c1. The molecule has 1 N–H and O–H groups in total. The maximum atomic E-state index is 12.8. The zero-order valence-electron chi connectivity index (χ0n) is 8.22. The van der Waals surface area contributed by atoms with Crippen molar-refractivity contribution in [2.24, 2.45) is 0 Å². The number of likely N-dealkylation sites (N-methyl/N-ethyl adjacent to an activating group) is 1. The zero-order valence-corrected chi connectivity index (χ0v) is 9.04. The van der Waals surface area contributed by atoms with Crippen molar-refractivity contribution in [2.75, 3.05) is 20.2 Å². The van der Waals surface area contributed by atoms with Crippen LogP contribution in [0.4, 0.5) is 4.39 Å². The van der Waals surface area contributed by atoms with Crippen molar-refractivity contribution in [2.45, 2.75) is 4.90 Å². The number of sulfonamides is 1. The number of aliphatic hydroxyl groups excluding tert-OH is 1. The number of nitrogens with zero attached hydrogens (tertiary/aromatic N) is 1. The molecule has 1 aromatic carbocycles. The number of rotatable bonds is 4. The summed E-state index contributed by atoms with van der Waals surface area (Å²) in [6.07, 6.45) is 0. The van der Waals surface area contributed by atoms with Crippen molar-refractivity contribution in [3.05, 3.63) is 30.1 Å². The van der Waals surface area contributed by atoms with Gasteiger partial charge in [0.05, 0.1) is 11.5 Å². The molecule has 0 atom stereocenters. The van der Waals surface area contributed by atoms with Gasteiger partial charge in [-0.3, -0.25) is 0 Å². The Morgan fingerprint density at radius 2 is 2.13 bits per heavy atom. The molecule has 0 unspecified atom stereocenters.